The van der Waals surface area contributed by atoms with Gasteiger partial charge < -0.3 is 20.1 Å². The summed E-state index contributed by atoms with van der Waals surface area (Å²) in [5.41, 5.74) is 3.37. The zero-order chi connectivity index (χ0) is 26.4. The summed E-state index contributed by atoms with van der Waals surface area (Å²) in [5, 5.41) is 5.41. The molecule has 190 valence electrons. The third-order valence-corrected chi connectivity index (χ3v) is 6.19. The maximum Gasteiger partial charge on any atom is 0.329 e. The molecule has 1 fully saturated rings. The number of para-hydroxylation sites is 1. The van der Waals surface area contributed by atoms with Crippen molar-refractivity contribution in [3.63, 3.8) is 0 Å². The number of hydrogen-bond acceptors (Lipinski definition) is 5. The van der Waals surface area contributed by atoms with Crippen LogP contribution in [0.25, 0.3) is 6.08 Å². The number of imide groups is 1. The van der Waals surface area contributed by atoms with E-state index in [2.05, 4.69) is 26.6 Å². The minimum Gasteiger partial charge on any atom is -0.490 e. The van der Waals surface area contributed by atoms with Crippen LogP contribution in [0.4, 0.5) is 10.5 Å². The first-order chi connectivity index (χ1) is 17.8. The predicted octanol–water partition coefficient (Wildman–Crippen LogP) is 5.27. The van der Waals surface area contributed by atoms with Gasteiger partial charge in [-0.3, -0.25) is 14.5 Å². The fourth-order valence-electron chi connectivity index (χ4n) is 3.65. The standard InChI is InChI=1S/C28H26BrN3O5/c1-3-36-24-14-20(22(29)15-25(24)37-17-26(33)30-21-7-5-4-6-8-21)13-23-27(34)32(28(35)31-23)16-19-11-9-18(2)10-12-19/h4-15H,3,16-17H2,1-2H3,(H,30,33)(H,31,35)/b23-13+. The Morgan fingerprint density at radius 1 is 1.03 bits per heavy atom. The molecule has 3 aromatic rings. The molecule has 1 aliphatic heterocycles. The molecule has 0 spiro atoms. The van der Waals surface area contributed by atoms with Crippen molar-refractivity contribution in [3.05, 3.63) is 93.6 Å². The van der Waals surface area contributed by atoms with Crippen molar-refractivity contribution in [1.82, 2.24) is 10.2 Å². The zero-order valence-electron chi connectivity index (χ0n) is 20.4. The maximum atomic E-state index is 13.0. The molecule has 0 aliphatic carbocycles. The van der Waals surface area contributed by atoms with E-state index in [1.807, 2.05) is 56.3 Å². The zero-order valence-corrected chi connectivity index (χ0v) is 22.0. The van der Waals surface area contributed by atoms with E-state index in [0.717, 1.165) is 16.0 Å². The van der Waals surface area contributed by atoms with E-state index in [4.69, 9.17) is 9.47 Å². The van der Waals surface area contributed by atoms with Crippen LogP contribution >= 0.6 is 15.9 Å². The van der Waals surface area contributed by atoms with Crippen LogP contribution in [0, 0.1) is 6.92 Å². The number of carbonyl (C=O) groups excluding carboxylic acids is 3. The number of rotatable bonds is 9. The lowest BCUT2D eigenvalue weighted by Crippen LogP contribution is -2.30. The highest BCUT2D eigenvalue weighted by molar-refractivity contribution is 9.10. The Labute approximate surface area is 223 Å². The number of urea groups is 1. The van der Waals surface area contributed by atoms with E-state index < -0.39 is 11.9 Å². The molecule has 9 heteroatoms. The van der Waals surface area contributed by atoms with Crippen molar-refractivity contribution in [2.24, 2.45) is 0 Å². The molecule has 0 aromatic heterocycles. The van der Waals surface area contributed by atoms with Crippen molar-refractivity contribution < 1.29 is 23.9 Å². The smallest absolute Gasteiger partial charge is 0.329 e. The number of aryl methyl sites for hydroxylation is 1. The number of halogens is 1. The van der Waals surface area contributed by atoms with Crippen LogP contribution in [0.2, 0.25) is 0 Å². The average Bonchev–Trinajstić information content (AvgIpc) is 3.14. The SMILES string of the molecule is CCOc1cc(/C=C2/NC(=O)N(Cc3ccc(C)cc3)C2=O)c(Br)cc1OCC(=O)Nc1ccccc1. The van der Waals surface area contributed by atoms with Crippen LogP contribution in [0.1, 0.15) is 23.6 Å². The highest BCUT2D eigenvalue weighted by atomic mass is 79.9. The van der Waals surface area contributed by atoms with Crippen LogP contribution in [0.3, 0.4) is 0 Å². The molecule has 37 heavy (non-hydrogen) atoms. The molecule has 3 aromatic carbocycles. The van der Waals surface area contributed by atoms with Gasteiger partial charge in [0, 0.05) is 10.2 Å². The number of carbonyl (C=O) groups is 3. The lowest BCUT2D eigenvalue weighted by molar-refractivity contribution is -0.123. The van der Waals surface area contributed by atoms with E-state index >= 15 is 0 Å². The largest absolute Gasteiger partial charge is 0.490 e. The average molecular weight is 564 g/mol. The lowest BCUT2D eigenvalue weighted by Gasteiger charge is -2.14. The Morgan fingerprint density at radius 2 is 1.73 bits per heavy atom. The van der Waals surface area contributed by atoms with E-state index in [1.165, 1.54) is 0 Å². The van der Waals surface area contributed by atoms with E-state index in [0.29, 0.717) is 33.8 Å². The van der Waals surface area contributed by atoms with Crippen molar-refractivity contribution in [1.29, 1.82) is 0 Å². The second-order valence-corrected chi connectivity index (χ2v) is 9.18. The molecule has 2 N–H and O–H groups in total. The van der Waals surface area contributed by atoms with Gasteiger partial charge in [0.1, 0.15) is 5.70 Å². The number of benzene rings is 3. The van der Waals surface area contributed by atoms with Crippen molar-refractivity contribution in [2.45, 2.75) is 20.4 Å². The van der Waals surface area contributed by atoms with Gasteiger partial charge in [-0.25, -0.2) is 4.79 Å². The molecular formula is C28H26BrN3O5. The fraction of sp³-hybridized carbons (Fsp3) is 0.179. The van der Waals surface area contributed by atoms with Gasteiger partial charge in [0.25, 0.3) is 11.8 Å². The predicted molar refractivity (Wildman–Crippen MR) is 144 cm³/mol. The Balaban J connectivity index is 1.49. The molecule has 0 radical (unpaired) electrons. The topological polar surface area (TPSA) is 97.0 Å². The number of anilines is 1. The number of ether oxygens (including phenoxy) is 2. The second kappa shape index (κ2) is 11.7. The second-order valence-electron chi connectivity index (χ2n) is 8.32. The van der Waals surface area contributed by atoms with Gasteiger partial charge in [-0.15, -0.1) is 0 Å². The molecule has 1 heterocycles. The number of nitrogens with zero attached hydrogens (tertiary/aromatic N) is 1. The molecule has 0 saturated carbocycles. The van der Waals surface area contributed by atoms with Crippen molar-refractivity contribution in [2.75, 3.05) is 18.5 Å². The first-order valence-corrected chi connectivity index (χ1v) is 12.5. The Morgan fingerprint density at radius 3 is 2.43 bits per heavy atom. The first-order valence-electron chi connectivity index (χ1n) is 11.7. The Kier molecular flexibility index (Phi) is 8.25. The van der Waals surface area contributed by atoms with Crippen LogP contribution in [-0.2, 0) is 16.1 Å². The summed E-state index contributed by atoms with van der Waals surface area (Å²) >= 11 is 3.49. The minimum atomic E-state index is -0.484. The summed E-state index contributed by atoms with van der Waals surface area (Å²) < 4.78 is 12.0. The van der Waals surface area contributed by atoms with Crippen LogP contribution < -0.4 is 20.1 Å². The number of nitrogens with one attached hydrogen (secondary N) is 2. The fourth-order valence-corrected chi connectivity index (χ4v) is 4.09. The molecule has 0 atom stereocenters. The number of hydrogen-bond donors (Lipinski definition) is 2. The van der Waals surface area contributed by atoms with Crippen LogP contribution in [0.5, 0.6) is 11.5 Å². The Hall–Kier alpha value is -4.11. The van der Waals surface area contributed by atoms with Gasteiger partial charge in [0.15, 0.2) is 18.1 Å². The van der Waals surface area contributed by atoms with Crippen LogP contribution in [0.15, 0.2) is 76.9 Å². The van der Waals surface area contributed by atoms with Crippen LogP contribution in [-0.4, -0.2) is 36.0 Å². The molecule has 1 saturated heterocycles. The lowest BCUT2D eigenvalue weighted by atomic mass is 10.1. The summed E-state index contributed by atoms with van der Waals surface area (Å²) in [6.07, 6.45) is 1.58. The third-order valence-electron chi connectivity index (χ3n) is 5.50. The molecule has 8 nitrogen and oxygen atoms in total. The van der Waals surface area contributed by atoms with Crippen molar-refractivity contribution in [3.8, 4) is 11.5 Å². The van der Waals surface area contributed by atoms with Gasteiger partial charge in [0.2, 0.25) is 0 Å². The summed E-state index contributed by atoms with van der Waals surface area (Å²) in [5.74, 6) is 0.0254. The van der Waals surface area contributed by atoms with Gasteiger partial charge in [-0.05, 0) is 55.3 Å². The molecule has 0 bridgehead atoms. The molecule has 0 unspecified atom stereocenters. The molecule has 4 amide bonds. The van der Waals surface area contributed by atoms with Gasteiger partial charge in [-0.2, -0.15) is 0 Å². The summed E-state index contributed by atoms with van der Waals surface area (Å²) in [6.45, 7) is 4.12. The third kappa shape index (κ3) is 6.56. The Bertz CT molecular complexity index is 1340. The van der Waals surface area contributed by atoms with E-state index in [1.54, 1.807) is 30.3 Å². The minimum absolute atomic E-state index is 0.149. The monoisotopic (exact) mass is 563 g/mol. The highest BCUT2D eigenvalue weighted by Crippen LogP contribution is 2.35. The quantitative estimate of drug-likeness (QED) is 0.273. The molecule has 1 aliphatic rings. The maximum absolute atomic E-state index is 13.0. The summed E-state index contributed by atoms with van der Waals surface area (Å²) in [7, 11) is 0. The molecular weight excluding hydrogens is 538 g/mol. The van der Waals surface area contributed by atoms with E-state index in [-0.39, 0.29) is 24.8 Å². The first kappa shape index (κ1) is 26.0. The van der Waals surface area contributed by atoms with Gasteiger partial charge in [0.05, 0.1) is 13.2 Å². The van der Waals surface area contributed by atoms with E-state index in [9.17, 15) is 14.4 Å². The normalized spacial score (nSPS) is 14.0. The van der Waals surface area contributed by atoms with Gasteiger partial charge in [-0.1, -0.05) is 64.0 Å². The number of amides is 4. The highest BCUT2D eigenvalue weighted by Gasteiger charge is 2.33. The van der Waals surface area contributed by atoms with Gasteiger partial charge >= 0.3 is 6.03 Å². The summed E-state index contributed by atoms with van der Waals surface area (Å²) in [6, 6.07) is 19.6. The molecule has 4 rings (SSSR count). The summed E-state index contributed by atoms with van der Waals surface area (Å²) in [4.78, 5) is 38.9. The van der Waals surface area contributed by atoms with Crippen molar-refractivity contribution >= 4 is 45.5 Å².